The first-order valence-electron chi connectivity index (χ1n) is 5.92. The molecule has 0 spiro atoms. The van der Waals surface area contributed by atoms with Gasteiger partial charge in [0.15, 0.2) is 0 Å². The Balaban J connectivity index is 2.19. The Labute approximate surface area is 103 Å². The number of hydrogen-bond acceptors (Lipinski definition) is 2. The Hall–Kier alpha value is -0.980. The summed E-state index contributed by atoms with van der Waals surface area (Å²) >= 11 is 4.76. The van der Waals surface area contributed by atoms with E-state index in [4.69, 9.17) is 12.2 Å². The van der Waals surface area contributed by atoms with Gasteiger partial charge in [0.05, 0.1) is 5.16 Å². The first-order chi connectivity index (χ1) is 7.92. The summed E-state index contributed by atoms with van der Waals surface area (Å²) in [5.74, 6) is 0.576. The van der Waals surface area contributed by atoms with Crippen molar-refractivity contribution in [3.8, 4) is 0 Å². The lowest BCUT2D eigenvalue weighted by molar-refractivity contribution is 0.375. The van der Waals surface area contributed by atoms with Gasteiger partial charge in [-0.3, -0.25) is 0 Å². The maximum absolute atomic E-state index is 4.76. The van der Waals surface area contributed by atoms with E-state index in [0.29, 0.717) is 5.92 Å². The summed E-state index contributed by atoms with van der Waals surface area (Å²) in [6, 6.07) is 11.5. The lowest BCUT2D eigenvalue weighted by Gasteiger charge is -2.26. The normalized spacial score (nSPS) is 17.1. The van der Waals surface area contributed by atoms with Gasteiger partial charge in [-0.2, -0.15) is 0 Å². The Bertz CT molecular complexity index is 362. The van der Waals surface area contributed by atoms with Crippen molar-refractivity contribution >= 4 is 17.4 Å². The van der Waals surface area contributed by atoms with E-state index < -0.39 is 0 Å². The number of nitrogens with zero attached hydrogens (tertiary/aromatic N) is 1. The minimum Gasteiger partial charge on any atom is -0.218 e. The van der Waals surface area contributed by atoms with Crippen molar-refractivity contribution in [2.24, 2.45) is 10.9 Å². The fourth-order valence-corrected chi connectivity index (χ4v) is 2.52. The molecule has 0 N–H and O–H groups in total. The van der Waals surface area contributed by atoms with Gasteiger partial charge in [-0.05, 0) is 36.5 Å². The van der Waals surface area contributed by atoms with E-state index in [1.54, 1.807) is 0 Å². The fourth-order valence-electron chi connectivity index (χ4n) is 2.43. The Morgan fingerprint density at radius 1 is 1.12 bits per heavy atom. The summed E-state index contributed by atoms with van der Waals surface area (Å²) in [5, 5.41) is 2.53. The number of benzene rings is 1. The second kappa shape index (κ2) is 5.93. The quantitative estimate of drug-likeness (QED) is 0.558. The zero-order chi connectivity index (χ0) is 11.2. The summed E-state index contributed by atoms with van der Waals surface area (Å²) in [4.78, 5) is 4.30. The summed E-state index contributed by atoms with van der Waals surface area (Å²) in [5.41, 5.74) is 1.20. The van der Waals surface area contributed by atoms with Crippen LogP contribution in [0.3, 0.4) is 0 Å². The number of hydrogen-bond donors (Lipinski definition) is 0. The van der Waals surface area contributed by atoms with Crippen molar-refractivity contribution < 1.29 is 0 Å². The maximum atomic E-state index is 4.76. The van der Waals surface area contributed by atoms with Crippen molar-refractivity contribution in [3.05, 3.63) is 41.9 Å². The summed E-state index contributed by atoms with van der Waals surface area (Å²) in [6.45, 7) is 0. The smallest absolute Gasteiger partial charge is 0.129 e. The van der Waals surface area contributed by atoms with Crippen LogP contribution in [0.25, 0.3) is 0 Å². The van der Waals surface area contributed by atoms with Gasteiger partial charge in [0.25, 0.3) is 0 Å². The van der Waals surface area contributed by atoms with Crippen LogP contribution in [0.15, 0.2) is 35.3 Å². The zero-order valence-electron chi connectivity index (χ0n) is 9.36. The molecule has 0 aromatic heterocycles. The Morgan fingerprint density at radius 3 is 2.44 bits per heavy atom. The van der Waals surface area contributed by atoms with Crippen LogP contribution < -0.4 is 0 Å². The molecule has 1 nitrogen and oxygen atoms in total. The number of thiocarbonyl (C=S) groups is 1. The van der Waals surface area contributed by atoms with Crippen molar-refractivity contribution in [1.29, 1.82) is 0 Å². The third-order valence-corrected chi connectivity index (χ3v) is 3.32. The molecule has 1 fully saturated rings. The molecule has 0 aliphatic heterocycles. The molecule has 16 heavy (non-hydrogen) atoms. The number of isothiocyanates is 1. The number of rotatable bonds is 3. The zero-order valence-corrected chi connectivity index (χ0v) is 10.2. The molecule has 83 valence electrons. The van der Waals surface area contributed by atoms with Gasteiger partial charge in [-0.15, -0.1) is 0 Å². The third-order valence-electron chi connectivity index (χ3n) is 3.23. The standard InChI is InChI=1S/C14H16NS/c16-11-15-14(12-7-3-1-4-8-12)13-9-5-2-6-10-13/h1,3-4,7-8,13H,2,5-6,9-10H2. The highest BCUT2D eigenvalue weighted by Crippen LogP contribution is 2.35. The van der Waals surface area contributed by atoms with Crippen LogP contribution in [0.1, 0.15) is 37.7 Å². The molecule has 0 bridgehead atoms. The second-order valence-electron chi connectivity index (χ2n) is 4.29. The minimum absolute atomic E-state index is 0.576. The van der Waals surface area contributed by atoms with Gasteiger partial charge >= 0.3 is 0 Å². The summed E-state index contributed by atoms with van der Waals surface area (Å²) in [7, 11) is 0. The maximum Gasteiger partial charge on any atom is 0.129 e. The van der Waals surface area contributed by atoms with Gasteiger partial charge in [0.2, 0.25) is 0 Å². The molecule has 1 radical (unpaired) electrons. The first kappa shape index (κ1) is 11.5. The van der Waals surface area contributed by atoms with Crippen molar-refractivity contribution in [3.63, 3.8) is 0 Å². The molecule has 1 aliphatic rings. The number of aliphatic imine (C=N–C) groups is 1. The average Bonchev–Trinajstić information content (AvgIpc) is 2.38. The van der Waals surface area contributed by atoms with Crippen LogP contribution in [0, 0.1) is 12.0 Å². The van der Waals surface area contributed by atoms with Gasteiger partial charge in [0, 0.05) is 0 Å². The highest BCUT2D eigenvalue weighted by Gasteiger charge is 2.25. The van der Waals surface area contributed by atoms with E-state index in [1.807, 2.05) is 6.07 Å². The molecule has 0 heterocycles. The van der Waals surface area contributed by atoms with E-state index in [9.17, 15) is 0 Å². The third kappa shape index (κ3) is 2.78. The first-order valence-corrected chi connectivity index (χ1v) is 6.33. The van der Waals surface area contributed by atoms with Crippen LogP contribution in [0.4, 0.5) is 0 Å². The van der Waals surface area contributed by atoms with E-state index >= 15 is 0 Å². The van der Waals surface area contributed by atoms with Crippen LogP contribution in [0.2, 0.25) is 0 Å². The molecule has 1 saturated carbocycles. The lowest BCUT2D eigenvalue weighted by atomic mass is 9.81. The van der Waals surface area contributed by atoms with Crippen molar-refractivity contribution in [2.45, 2.75) is 32.1 Å². The van der Waals surface area contributed by atoms with Crippen molar-refractivity contribution in [1.82, 2.24) is 0 Å². The Kier molecular flexibility index (Phi) is 4.26. The summed E-state index contributed by atoms with van der Waals surface area (Å²) in [6.07, 6.45) is 6.47. The highest BCUT2D eigenvalue weighted by atomic mass is 32.1. The predicted octanol–water partition coefficient (Wildman–Crippen LogP) is 4.25. The van der Waals surface area contributed by atoms with Crippen LogP contribution >= 0.6 is 12.2 Å². The van der Waals surface area contributed by atoms with E-state index in [-0.39, 0.29) is 0 Å². The molecule has 1 aliphatic carbocycles. The van der Waals surface area contributed by atoms with E-state index in [2.05, 4.69) is 34.4 Å². The molecule has 0 saturated heterocycles. The average molecular weight is 230 g/mol. The van der Waals surface area contributed by atoms with Gasteiger partial charge < -0.3 is 0 Å². The topological polar surface area (TPSA) is 12.4 Å². The van der Waals surface area contributed by atoms with Crippen LogP contribution in [0.5, 0.6) is 0 Å². The predicted molar refractivity (Wildman–Crippen MR) is 70.4 cm³/mol. The van der Waals surface area contributed by atoms with Gasteiger partial charge in [-0.25, -0.2) is 4.99 Å². The molecule has 0 atom stereocenters. The largest absolute Gasteiger partial charge is 0.218 e. The molecule has 1 aromatic rings. The molecule has 2 heteroatoms. The molecular formula is C14H16NS. The SMILES string of the molecule is S=C=N[C](c1ccccc1)C1CCCCC1. The van der Waals surface area contributed by atoms with E-state index in [1.165, 1.54) is 37.7 Å². The molecular weight excluding hydrogens is 214 g/mol. The van der Waals surface area contributed by atoms with Crippen LogP contribution in [-0.4, -0.2) is 5.16 Å². The molecule has 1 aromatic carbocycles. The highest BCUT2D eigenvalue weighted by molar-refractivity contribution is 7.78. The molecule has 0 amide bonds. The van der Waals surface area contributed by atoms with E-state index in [0.717, 1.165) is 6.04 Å². The Morgan fingerprint density at radius 2 is 1.81 bits per heavy atom. The molecule has 2 rings (SSSR count). The van der Waals surface area contributed by atoms with Gasteiger partial charge in [-0.1, -0.05) is 49.6 Å². The lowest BCUT2D eigenvalue weighted by Crippen LogP contribution is -2.15. The molecule has 0 unspecified atom stereocenters. The minimum atomic E-state index is 0.576. The summed E-state index contributed by atoms with van der Waals surface area (Å²) < 4.78 is 0. The van der Waals surface area contributed by atoms with Crippen molar-refractivity contribution in [2.75, 3.05) is 0 Å². The fraction of sp³-hybridized carbons (Fsp3) is 0.429. The second-order valence-corrected chi connectivity index (χ2v) is 4.47. The van der Waals surface area contributed by atoms with Crippen LogP contribution in [-0.2, 0) is 0 Å². The monoisotopic (exact) mass is 230 g/mol. The van der Waals surface area contributed by atoms with Gasteiger partial charge in [0.1, 0.15) is 6.04 Å².